The predicted octanol–water partition coefficient (Wildman–Crippen LogP) is 6.28. The maximum absolute atomic E-state index is 5.70. The minimum atomic E-state index is 0.453. The summed E-state index contributed by atoms with van der Waals surface area (Å²) in [6.07, 6.45) is 20.6. The zero-order chi connectivity index (χ0) is 14.6. The highest BCUT2D eigenvalue weighted by Crippen LogP contribution is 2.29. The number of unbranched alkanes of at least 4 members (excludes halogenated alkanes) is 7. The quantitative estimate of drug-likeness (QED) is 0.220. The van der Waals surface area contributed by atoms with Gasteiger partial charge in [-0.25, -0.2) is 0 Å². The molecule has 0 radical (unpaired) electrons. The fraction of sp³-hybridized carbons (Fsp3) is 0.895. The molecule has 0 aliphatic carbocycles. The molecule has 0 aromatic rings. The Kier molecular flexibility index (Phi) is 10.1. The van der Waals surface area contributed by atoms with E-state index in [-0.39, 0.29) is 0 Å². The van der Waals surface area contributed by atoms with E-state index in [2.05, 4.69) is 32.9 Å². The average Bonchev–Trinajstić information content (AvgIpc) is 3.16. The van der Waals surface area contributed by atoms with Crippen molar-refractivity contribution in [1.82, 2.24) is 0 Å². The van der Waals surface area contributed by atoms with Crippen molar-refractivity contribution in [1.29, 1.82) is 0 Å². The number of epoxide rings is 1. The molecule has 1 fully saturated rings. The zero-order valence-corrected chi connectivity index (χ0v) is 14.1. The number of hydrogen-bond acceptors (Lipinski definition) is 1. The minimum Gasteiger partial charge on any atom is -0.365 e. The van der Waals surface area contributed by atoms with Crippen LogP contribution >= 0.6 is 0 Å². The van der Waals surface area contributed by atoms with Gasteiger partial charge in [0.05, 0.1) is 6.10 Å². The summed E-state index contributed by atoms with van der Waals surface area (Å²) < 4.78 is 5.70. The van der Waals surface area contributed by atoms with E-state index in [0.29, 0.717) is 12.2 Å². The highest BCUT2D eigenvalue weighted by atomic mass is 16.6. The molecule has 0 N–H and O–H groups in total. The highest BCUT2D eigenvalue weighted by Gasteiger charge is 2.35. The monoisotopic (exact) mass is 280 g/mol. The van der Waals surface area contributed by atoms with E-state index in [4.69, 9.17) is 4.74 Å². The third-order valence-electron chi connectivity index (χ3n) is 4.19. The largest absolute Gasteiger partial charge is 0.365 e. The van der Waals surface area contributed by atoms with Crippen LogP contribution in [0.5, 0.6) is 0 Å². The van der Waals surface area contributed by atoms with Crippen LogP contribution in [0.15, 0.2) is 12.2 Å². The summed E-state index contributed by atoms with van der Waals surface area (Å²) in [5, 5.41) is 0. The Morgan fingerprint density at radius 3 is 2.45 bits per heavy atom. The second kappa shape index (κ2) is 11.4. The van der Waals surface area contributed by atoms with Crippen LogP contribution < -0.4 is 0 Å². The van der Waals surface area contributed by atoms with Gasteiger partial charge < -0.3 is 4.74 Å². The first-order valence-electron chi connectivity index (χ1n) is 9.06. The lowest BCUT2D eigenvalue weighted by atomic mass is 10.0. The van der Waals surface area contributed by atoms with Crippen LogP contribution in [0.3, 0.4) is 0 Å². The Balaban J connectivity index is 1.85. The van der Waals surface area contributed by atoms with Crippen LogP contribution in [-0.2, 0) is 4.74 Å². The van der Waals surface area contributed by atoms with Gasteiger partial charge in [-0.3, -0.25) is 0 Å². The van der Waals surface area contributed by atoms with Gasteiger partial charge in [0.1, 0.15) is 6.10 Å². The van der Waals surface area contributed by atoms with Crippen LogP contribution in [0.2, 0.25) is 0 Å². The molecule has 0 amide bonds. The van der Waals surface area contributed by atoms with E-state index >= 15 is 0 Å². The van der Waals surface area contributed by atoms with Crippen molar-refractivity contribution in [3.8, 4) is 0 Å². The molecule has 20 heavy (non-hydrogen) atoms. The lowest BCUT2D eigenvalue weighted by Crippen LogP contribution is -1.93. The first-order chi connectivity index (χ1) is 9.74. The molecule has 118 valence electrons. The van der Waals surface area contributed by atoms with Crippen molar-refractivity contribution in [3.63, 3.8) is 0 Å². The van der Waals surface area contributed by atoms with Gasteiger partial charge in [0.2, 0.25) is 0 Å². The van der Waals surface area contributed by atoms with Crippen molar-refractivity contribution in [2.75, 3.05) is 0 Å². The third kappa shape index (κ3) is 9.58. The van der Waals surface area contributed by atoms with E-state index in [1.54, 1.807) is 0 Å². The average molecular weight is 280 g/mol. The molecule has 1 rings (SSSR count). The molecule has 1 aliphatic rings. The molecule has 1 saturated heterocycles. The number of allylic oxidation sites excluding steroid dienone is 1. The highest BCUT2D eigenvalue weighted by molar-refractivity contribution is 5.02. The number of rotatable bonds is 13. The summed E-state index contributed by atoms with van der Waals surface area (Å²) in [7, 11) is 0. The Morgan fingerprint density at radius 1 is 0.950 bits per heavy atom. The maximum atomic E-state index is 5.70. The van der Waals surface area contributed by atoms with E-state index in [1.807, 2.05) is 0 Å². The molecule has 1 heteroatoms. The van der Waals surface area contributed by atoms with Crippen LogP contribution in [0, 0.1) is 5.92 Å². The molecule has 0 saturated carbocycles. The molecule has 0 bridgehead atoms. The van der Waals surface area contributed by atoms with Gasteiger partial charge in [-0.15, -0.1) is 0 Å². The van der Waals surface area contributed by atoms with Crippen molar-refractivity contribution in [3.05, 3.63) is 12.2 Å². The predicted molar refractivity (Wildman–Crippen MR) is 89.1 cm³/mol. The first-order valence-corrected chi connectivity index (χ1v) is 9.06. The smallest absolute Gasteiger partial charge is 0.102 e. The van der Waals surface area contributed by atoms with E-state index < -0.39 is 0 Å². The molecule has 0 unspecified atom stereocenters. The Hall–Kier alpha value is -0.300. The number of ether oxygens (including phenoxy) is 1. The normalized spacial score (nSPS) is 22.0. The van der Waals surface area contributed by atoms with Gasteiger partial charge in [-0.2, -0.15) is 0 Å². The van der Waals surface area contributed by atoms with E-state index in [0.717, 1.165) is 5.92 Å². The fourth-order valence-electron chi connectivity index (χ4n) is 2.73. The summed E-state index contributed by atoms with van der Waals surface area (Å²) in [6, 6.07) is 0. The van der Waals surface area contributed by atoms with Crippen LogP contribution in [0.25, 0.3) is 0 Å². The molecular weight excluding hydrogens is 244 g/mol. The second-order valence-corrected chi connectivity index (χ2v) is 6.80. The zero-order valence-electron chi connectivity index (χ0n) is 14.1. The molecule has 0 spiro atoms. The molecule has 1 heterocycles. The molecular formula is C19H36O. The standard InChI is InChI=1S/C19H36O/c1-4-5-6-7-8-9-10-11-15-18-19(20-18)16-13-12-14-17(2)3/h11,15,17-19H,4-10,12-14,16H2,1-3H3/t18-,19+/m0/s1. The van der Waals surface area contributed by atoms with Crippen LogP contribution in [0.4, 0.5) is 0 Å². The van der Waals surface area contributed by atoms with Gasteiger partial charge >= 0.3 is 0 Å². The van der Waals surface area contributed by atoms with Crippen LogP contribution in [0.1, 0.15) is 91.4 Å². The van der Waals surface area contributed by atoms with Gasteiger partial charge in [-0.05, 0) is 25.2 Å². The summed E-state index contributed by atoms with van der Waals surface area (Å²) >= 11 is 0. The van der Waals surface area contributed by atoms with Gasteiger partial charge in [0, 0.05) is 0 Å². The fourth-order valence-corrected chi connectivity index (χ4v) is 2.73. The molecule has 1 aliphatic heterocycles. The Morgan fingerprint density at radius 2 is 1.70 bits per heavy atom. The maximum Gasteiger partial charge on any atom is 0.102 e. The van der Waals surface area contributed by atoms with Crippen LogP contribution in [-0.4, -0.2) is 12.2 Å². The molecule has 1 nitrogen and oxygen atoms in total. The summed E-state index contributed by atoms with van der Waals surface area (Å²) in [5.41, 5.74) is 0. The van der Waals surface area contributed by atoms with E-state index in [9.17, 15) is 0 Å². The van der Waals surface area contributed by atoms with Crippen molar-refractivity contribution in [2.45, 2.75) is 104 Å². The van der Waals surface area contributed by atoms with E-state index in [1.165, 1.54) is 70.6 Å². The minimum absolute atomic E-state index is 0.453. The van der Waals surface area contributed by atoms with Gasteiger partial charge in [-0.1, -0.05) is 84.3 Å². The van der Waals surface area contributed by atoms with Crippen molar-refractivity contribution < 1.29 is 4.74 Å². The van der Waals surface area contributed by atoms with Crippen molar-refractivity contribution >= 4 is 0 Å². The van der Waals surface area contributed by atoms with Gasteiger partial charge in [0.25, 0.3) is 0 Å². The molecule has 0 aromatic heterocycles. The van der Waals surface area contributed by atoms with Gasteiger partial charge in [0.15, 0.2) is 0 Å². The topological polar surface area (TPSA) is 12.5 Å². The first kappa shape index (κ1) is 17.8. The SMILES string of the molecule is CCCCCCCCC=C[C@@H]1O[C@@H]1CCCCC(C)C. The molecule has 0 aromatic carbocycles. The lowest BCUT2D eigenvalue weighted by molar-refractivity contribution is 0.370. The third-order valence-corrected chi connectivity index (χ3v) is 4.19. The summed E-state index contributed by atoms with van der Waals surface area (Å²) in [6.45, 7) is 6.89. The second-order valence-electron chi connectivity index (χ2n) is 6.80. The summed E-state index contributed by atoms with van der Waals surface area (Å²) in [5.74, 6) is 0.850. The van der Waals surface area contributed by atoms with Crippen molar-refractivity contribution in [2.24, 2.45) is 5.92 Å². The Labute approximate surface area is 127 Å². The number of hydrogen-bond donors (Lipinski definition) is 0. The Bertz CT molecular complexity index is 244. The molecule has 2 atom stereocenters. The lowest BCUT2D eigenvalue weighted by Gasteiger charge is -2.02. The summed E-state index contributed by atoms with van der Waals surface area (Å²) in [4.78, 5) is 0.